The number of halogens is 3. The van der Waals surface area contributed by atoms with Gasteiger partial charge in [-0.3, -0.25) is 10.1 Å². The molecule has 1 atom stereocenters. The summed E-state index contributed by atoms with van der Waals surface area (Å²) in [4.78, 5) is 25.9. The summed E-state index contributed by atoms with van der Waals surface area (Å²) in [6.07, 6.45) is -3.87. The molecule has 0 aromatic heterocycles. The van der Waals surface area contributed by atoms with Gasteiger partial charge >= 0.3 is 12.3 Å². The van der Waals surface area contributed by atoms with Gasteiger partial charge in [0.15, 0.2) is 0 Å². The maximum absolute atomic E-state index is 12.9. The first kappa shape index (κ1) is 21.8. The fourth-order valence-electron chi connectivity index (χ4n) is 3.09. The van der Waals surface area contributed by atoms with Gasteiger partial charge in [0, 0.05) is 26.2 Å². The molecule has 0 saturated carbocycles. The van der Waals surface area contributed by atoms with E-state index < -0.39 is 34.0 Å². The van der Waals surface area contributed by atoms with Crippen molar-refractivity contribution in [2.45, 2.75) is 51.4 Å². The maximum atomic E-state index is 12.9. The third kappa shape index (κ3) is 5.26. The van der Waals surface area contributed by atoms with Crippen LogP contribution in [0.3, 0.4) is 0 Å². The number of carbonyl (C=O) groups excluding carboxylic acids is 1. The van der Waals surface area contributed by atoms with Crippen LogP contribution >= 0.6 is 0 Å². The van der Waals surface area contributed by atoms with E-state index in [9.17, 15) is 28.1 Å². The Balaban J connectivity index is 2.24. The van der Waals surface area contributed by atoms with Crippen molar-refractivity contribution in [3.8, 4) is 0 Å². The topological polar surface area (TPSA) is 75.9 Å². The van der Waals surface area contributed by atoms with Crippen molar-refractivity contribution in [1.82, 2.24) is 4.90 Å². The largest absolute Gasteiger partial charge is 0.444 e. The maximum Gasteiger partial charge on any atom is 0.416 e. The zero-order valence-electron chi connectivity index (χ0n) is 16.2. The van der Waals surface area contributed by atoms with Crippen molar-refractivity contribution in [2.75, 3.05) is 25.0 Å². The lowest BCUT2D eigenvalue weighted by atomic mass is 10.0. The standard InChI is InChI=1S/C18H24F3N3O4/c1-17(2,3)28-16(25)22(4)13-6-5-9-23(11-13)14-8-7-12(18(19,20)21)10-15(14)24(26)27/h7-8,10,13H,5-6,9,11H2,1-4H3. The molecular weight excluding hydrogens is 379 g/mol. The summed E-state index contributed by atoms with van der Waals surface area (Å²) >= 11 is 0. The summed E-state index contributed by atoms with van der Waals surface area (Å²) in [6, 6.07) is 2.24. The molecule has 10 heteroatoms. The van der Waals surface area contributed by atoms with Crippen molar-refractivity contribution in [3.05, 3.63) is 33.9 Å². The average molecular weight is 403 g/mol. The monoisotopic (exact) mass is 403 g/mol. The van der Waals surface area contributed by atoms with E-state index in [2.05, 4.69) is 0 Å². The summed E-state index contributed by atoms with van der Waals surface area (Å²) in [5, 5.41) is 11.4. The molecule has 1 aliphatic rings. The van der Waals surface area contributed by atoms with Crippen molar-refractivity contribution in [3.63, 3.8) is 0 Å². The van der Waals surface area contributed by atoms with E-state index >= 15 is 0 Å². The molecule has 28 heavy (non-hydrogen) atoms. The Kier molecular flexibility index (Phi) is 6.10. The first-order valence-corrected chi connectivity index (χ1v) is 8.86. The molecule has 0 N–H and O–H groups in total. The Morgan fingerprint density at radius 3 is 2.50 bits per heavy atom. The van der Waals surface area contributed by atoms with Gasteiger partial charge < -0.3 is 14.5 Å². The number of amides is 1. The second-order valence-electron chi connectivity index (χ2n) is 7.79. The Morgan fingerprint density at radius 2 is 1.96 bits per heavy atom. The molecular formula is C18H24F3N3O4. The normalized spacial score (nSPS) is 18.0. The highest BCUT2D eigenvalue weighted by atomic mass is 19.4. The number of anilines is 1. The molecule has 156 valence electrons. The fourth-order valence-corrected chi connectivity index (χ4v) is 3.09. The van der Waals surface area contributed by atoms with E-state index in [4.69, 9.17) is 4.74 Å². The molecule has 7 nitrogen and oxygen atoms in total. The highest BCUT2D eigenvalue weighted by molar-refractivity contribution is 5.69. The minimum absolute atomic E-state index is 0.111. The van der Waals surface area contributed by atoms with Gasteiger partial charge in [-0.15, -0.1) is 0 Å². The van der Waals surface area contributed by atoms with Gasteiger partial charge in [0.2, 0.25) is 0 Å². The third-order valence-corrected chi connectivity index (χ3v) is 4.47. The number of hydrogen-bond donors (Lipinski definition) is 0. The number of nitrogens with zero attached hydrogens (tertiary/aromatic N) is 3. The van der Waals surface area contributed by atoms with Crippen LogP contribution in [0, 0.1) is 10.1 Å². The van der Waals surface area contributed by atoms with E-state index in [1.807, 2.05) is 0 Å². The van der Waals surface area contributed by atoms with E-state index in [-0.39, 0.29) is 18.3 Å². The lowest BCUT2D eigenvalue weighted by Gasteiger charge is -2.38. The summed E-state index contributed by atoms with van der Waals surface area (Å²) in [6.45, 7) is 5.96. The number of benzene rings is 1. The average Bonchev–Trinajstić information content (AvgIpc) is 2.58. The van der Waals surface area contributed by atoms with Crippen LogP contribution in [0.4, 0.5) is 29.3 Å². The van der Waals surface area contributed by atoms with Crippen LogP contribution in [-0.4, -0.2) is 47.7 Å². The molecule has 1 unspecified atom stereocenters. The van der Waals surface area contributed by atoms with Gasteiger partial charge in [0.25, 0.3) is 5.69 Å². The number of rotatable bonds is 3. The van der Waals surface area contributed by atoms with Crippen LogP contribution in [0.15, 0.2) is 18.2 Å². The molecule has 1 fully saturated rings. The van der Waals surface area contributed by atoms with Gasteiger partial charge in [-0.1, -0.05) is 0 Å². The van der Waals surface area contributed by atoms with Gasteiger partial charge in [-0.25, -0.2) is 4.79 Å². The predicted molar refractivity (Wildman–Crippen MR) is 97.3 cm³/mol. The zero-order valence-corrected chi connectivity index (χ0v) is 16.2. The van der Waals surface area contributed by atoms with Gasteiger partial charge in [0.1, 0.15) is 11.3 Å². The highest BCUT2D eigenvalue weighted by Crippen LogP contribution is 2.37. The lowest BCUT2D eigenvalue weighted by molar-refractivity contribution is -0.384. The quantitative estimate of drug-likeness (QED) is 0.551. The molecule has 0 radical (unpaired) electrons. The Hall–Kier alpha value is -2.52. The second kappa shape index (κ2) is 7.84. The van der Waals surface area contributed by atoms with Gasteiger partial charge in [-0.2, -0.15) is 13.2 Å². The van der Waals surface area contributed by atoms with Crippen LogP contribution in [0.2, 0.25) is 0 Å². The summed E-state index contributed by atoms with van der Waals surface area (Å²) in [5.41, 5.74) is -2.22. The second-order valence-corrected chi connectivity index (χ2v) is 7.79. The Morgan fingerprint density at radius 1 is 1.32 bits per heavy atom. The van der Waals surface area contributed by atoms with Gasteiger partial charge in [-0.05, 0) is 45.7 Å². The fraction of sp³-hybridized carbons (Fsp3) is 0.611. The van der Waals surface area contributed by atoms with Crippen LogP contribution < -0.4 is 4.90 Å². The molecule has 1 heterocycles. The molecule has 1 saturated heterocycles. The first-order chi connectivity index (χ1) is 12.8. The van der Waals surface area contributed by atoms with E-state index in [1.54, 1.807) is 32.7 Å². The number of nitro benzene ring substituents is 1. The van der Waals surface area contributed by atoms with Crippen LogP contribution in [0.25, 0.3) is 0 Å². The van der Waals surface area contributed by atoms with Crippen molar-refractivity contribution in [1.29, 1.82) is 0 Å². The molecule has 0 spiro atoms. The summed E-state index contributed by atoms with van der Waals surface area (Å²) in [5.74, 6) is 0. The minimum atomic E-state index is -4.66. The molecule has 0 bridgehead atoms. The number of carbonyl (C=O) groups is 1. The SMILES string of the molecule is CN(C(=O)OC(C)(C)C)C1CCCN(c2ccc(C(F)(F)F)cc2[N+](=O)[O-])C1. The van der Waals surface area contributed by atoms with E-state index in [0.29, 0.717) is 25.5 Å². The van der Waals surface area contributed by atoms with Gasteiger partial charge in [0.05, 0.1) is 16.5 Å². The lowest BCUT2D eigenvalue weighted by Crippen LogP contribution is -2.50. The highest BCUT2D eigenvalue weighted by Gasteiger charge is 2.35. The molecule has 1 aromatic rings. The smallest absolute Gasteiger partial charge is 0.416 e. The number of nitro groups is 1. The number of ether oxygens (including phenoxy) is 1. The summed E-state index contributed by atoms with van der Waals surface area (Å²) < 4.78 is 44.1. The first-order valence-electron chi connectivity index (χ1n) is 8.86. The minimum Gasteiger partial charge on any atom is -0.444 e. The zero-order chi connectivity index (χ0) is 21.3. The van der Waals surface area contributed by atoms with E-state index in [0.717, 1.165) is 12.1 Å². The summed E-state index contributed by atoms with van der Waals surface area (Å²) in [7, 11) is 1.59. The number of likely N-dealkylation sites (N-methyl/N-ethyl adjacent to an activating group) is 1. The van der Waals surface area contributed by atoms with Crippen molar-refractivity contribution in [2.24, 2.45) is 0 Å². The number of hydrogen-bond acceptors (Lipinski definition) is 5. The Bertz CT molecular complexity index is 747. The number of piperidine rings is 1. The number of alkyl halides is 3. The van der Waals surface area contributed by atoms with Crippen LogP contribution in [-0.2, 0) is 10.9 Å². The third-order valence-electron chi connectivity index (χ3n) is 4.47. The van der Waals surface area contributed by atoms with Crippen molar-refractivity contribution >= 4 is 17.5 Å². The molecule has 2 rings (SSSR count). The van der Waals surface area contributed by atoms with E-state index in [1.165, 1.54) is 4.90 Å². The molecule has 0 aliphatic carbocycles. The predicted octanol–water partition coefficient (Wildman–Crippen LogP) is 4.45. The van der Waals surface area contributed by atoms with Crippen LogP contribution in [0.1, 0.15) is 39.2 Å². The molecule has 1 aliphatic heterocycles. The van der Waals surface area contributed by atoms with Crippen molar-refractivity contribution < 1.29 is 27.6 Å². The Labute approximate surface area is 161 Å². The molecule has 1 amide bonds. The van der Waals surface area contributed by atoms with Crippen LogP contribution in [0.5, 0.6) is 0 Å². The molecule has 1 aromatic carbocycles.